The number of hydrogen-bond donors (Lipinski definition) is 1. The van der Waals surface area contributed by atoms with Crippen LogP contribution in [0.15, 0.2) is 73.1 Å². The van der Waals surface area contributed by atoms with Gasteiger partial charge in [0.1, 0.15) is 5.82 Å². The average Bonchev–Trinajstić information content (AvgIpc) is 2.75. The fourth-order valence-corrected chi connectivity index (χ4v) is 4.48. The molecule has 0 bridgehead atoms. The first kappa shape index (κ1) is 20.2. The van der Waals surface area contributed by atoms with E-state index in [1.54, 1.807) is 24.5 Å². The second-order valence-corrected chi connectivity index (χ2v) is 8.20. The summed E-state index contributed by atoms with van der Waals surface area (Å²) in [6.45, 7) is 2.07. The molecule has 0 spiro atoms. The van der Waals surface area contributed by atoms with E-state index in [0.29, 0.717) is 19.5 Å². The van der Waals surface area contributed by atoms with Crippen molar-refractivity contribution < 1.29 is 9.18 Å². The fourth-order valence-electron chi connectivity index (χ4n) is 4.48. The average molecular weight is 404 g/mol. The van der Waals surface area contributed by atoms with Crippen molar-refractivity contribution in [1.29, 1.82) is 0 Å². The number of primary amides is 1. The lowest BCUT2D eigenvalue weighted by Gasteiger charge is -2.41. The van der Waals surface area contributed by atoms with E-state index in [1.165, 1.54) is 6.07 Å². The number of benzene rings is 2. The molecule has 0 aliphatic carbocycles. The molecule has 2 heterocycles. The molecule has 4 nitrogen and oxygen atoms in total. The zero-order valence-electron chi connectivity index (χ0n) is 16.9. The molecule has 2 N–H and O–H groups in total. The molecule has 1 fully saturated rings. The van der Waals surface area contributed by atoms with Crippen LogP contribution < -0.4 is 5.73 Å². The van der Waals surface area contributed by atoms with Crippen LogP contribution in [0.5, 0.6) is 0 Å². The summed E-state index contributed by atoms with van der Waals surface area (Å²) < 4.78 is 13.6. The molecule has 5 heteroatoms. The summed E-state index contributed by atoms with van der Waals surface area (Å²) in [5.41, 5.74) is 9.52. The number of carbonyl (C=O) groups is 1. The van der Waals surface area contributed by atoms with Gasteiger partial charge in [-0.2, -0.15) is 0 Å². The summed E-state index contributed by atoms with van der Waals surface area (Å²) >= 11 is 0. The maximum Gasteiger partial charge on any atom is 0.225 e. The van der Waals surface area contributed by atoms with Crippen LogP contribution in [0.2, 0.25) is 0 Å². The van der Waals surface area contributed by atoms with E-state index in [2.05, 4.69) is 28.1 Å². The Balaban J connectivity index is 1.55. The van der Waals surface area contributed by atoms with Gasteiger partial charge in [0.15, 0.2) is 0 Å². The predicted octanol–water partition coefficient (Wildman–Crippen LogP) is 4.20. The van der Waals surface area contributed by atoms with E-state index in [-0.39, 0.29) is 11.7 Å². The molecule has 1 aliphatic rings. The Morgan fingerprint density at radius 2 is 1.80 bits per heavy atom. The van der Waals surface area contributed by atoms with Crippen LogP contribution in [0.1, 0.15) is 24.0 Å². The minimum absolute atomic E-state index is 0.237. The minimum atomic E-state index is -0.623. The van der Waals surface area contributed by atoms with Crippen molar-refractivity contribution in [2.45, 2.75) is 25.8 Å². The lowest BCUT2D eigenvalue weighted by Crippen LogP contribution is -2.51. The van der Waals surface area contributed by atoms with Gasteiger partial charge < -0.3 is 5.73 Å². The summed E-state index contributed by atoms with van der Waals surface area (Å²) in [5.74, 6) is -0.501. The zero-order chi connectivity index (χ0) is 21.0. The first-order valence-corrected chi connectivity index (χ1v) is 10.3. The van der Waals surface area contributed by atoms with Crippen LogP contribution in [-0.4, -0.2) is 28.9 Å². The number of pyridine rings is 1. The lowest BCUT2D eigenvalue weighted by molar-refractivity contribution is -0.131. The van der Waals surface area contributed by atoms with Crippen LogP contribution in [0.4, 0.5) is 4.39 Å². The number of amides is 1. The number of likely N-dealkylation sites (tertiary alicyclic amines) is 1. The SMILES string of the molecule is NC(=O)C1(Cc2cccc(-c3ccncc3)c2)CCCN(Cc2cccc(F)c2)C1. The van der Waals surface area contributed by atoms with Gasteiger partial charge in [-0.15, -0.1) is 0 Å². The summed E-state index contributed by atoms with van der Waals surface area (Å²) in [5, 5.41) is 0. The molecule has 1 aliphatic heterocycles. The van der Waals surface area contributed by atoms with Gasteiger partial charge in [-0.25, -0.2) is 4.39 Å². The van der Waals surface area contributed by atoms with Crippen molar-refractivity contribution in [3.05, 3.63) is 90.0 Å². The molecule has 4 rings (SSSR count). The maximum absolute atomic E-state index is 13.6. The third-order valence-corrected chi connectivity index (χ3v) is 5.96. The first-order valence-electron chi connectivity index (χ1n) is 10.3. The molecule has 3 aromatic rings. The van der Waals surface area contributed by atoms with Crippen molar-refractivity contribution in [1.82, 2.24) is 9.88 Å². The van der Waals surface area contributed by atoms with E-state index in [0.717, 1.165) is 41.6 Å². The molecule has 154 valence electrons. The highest BCUT2D eigenvalue weighted by atomic mass is 19.1. The molecule has 1 amide bonds. The topological polar surface area (TPSA) is 59.2 Å². The molecule has 1 saturated heterocycles. The van der Waals surface area contributed by atoms with Crippen molar-refractivity contribution in [2.24, 2.45) is 11.1 Å². The number of nitrogens with zero attached hydrogens (tertiary/aromatic N) is 2. The number of carbonyl (C=O) groups excluding carboxylic acids is 1. The number of aromatic nitrogens is 1. The molecular formula is C25H26FN3O. The Morgan fingerprint density at radius 1 is 1.03 bits per heavy atom. The Labute approximate surface area is 176 Å². The lowest BCUT2D eigenvalue weighted by atomic mass is 9.74. The van der Waals surface area contributed by atoms with Crippen molar-refractivity contribution in [3.63, 3.8) is 0 Å². The number of hydrogen-bond acceptors (Lipinski definition) is 3. The number of rotatable bonds is 6. The summed E-state index contributed by atoms with van der Waals surface area (Å²) in [7, 11) is 0. The largest absolute Gasteiger partial charge is 0.369 e. The maximum atomic E-state index is 13.6. The Morgan fingerprint density at radius 3 is 2.57 bits per heavy atom. The van der Waals surface area contributed by atoms with Crippen LogP contribution in [-0.2, 0) is 17.8 Å². The van der Waals surface area contributed by atoms with Gasteiger partial charge in [-0.05, 0) is 72.3 Å². The van der Waals surface area contributed by atoms with E-state index in [4.69, 9.17) is 5.73 Å². The Kier molecular flexibility index (Phi) is 5.91. The van der Waals surface area contributed by atoms with Gasteiger partial charge >= 0.3 is 0 Å². The normalized spacial score (nSPS) is 19.5. The first-order chi connectivity index (χ1) is 14.5. The third kappa shape index (κ3) is 4.57. The van der Waals surface area contributed by atoms with Gasteiger partial charge in [-0.1, -0.05) is 36.4 Å². The predicted molar refractivity (Wildman–Crippen MR) is 116 cm³/mol. The van der Waals surface area contributed by atoms with Crippen molar-refractivity contribution in [3.8, 4) is 11.1 Å². The Hall–Kier alpha value is -3.05. The fraction of sp³-hybridized carbons (Fsp3) is 0.280. The van der Waals surface area contributed by atoms with E-state index in [9.17, 15) is 9.18 Å². The smallest absolute Gasteiger partial charge is 0.225 e. The Bertz CT molecular complexity index is 1020. The number of halogens is 1. The molecule has 0 saturated carbocycles. The van der Waals surface area contributed by atoms with Crippen molar-refractivity contribution >= 4 is 5.91 Å². The molecule has 1 aromatic heterocycles. The van der Waals surface area contributed by atoms with Crippen molar-refractivity contribution in [2.75, 3.05) is 13.1 Å². The number of nitrogens with two attached hydrogens (primary N) is 1. The monoisotopic (exact) mass is 403 g/mol. The highest BCUT2D eigenvalue weighted by molar-refractivity contribution is 5.81. The molecule has 1 unspecified atom stereocenters. The molecule has 0 radical (unpaired) electrons. The van der Waals surface area contributed by atoms with Gasteiger partial charge in [0.2, 0.25) is 5.91 Å². The second kappa shape index (κ2) is 8.76. The van der Waals surface area contributed by atoms with Crippen LogP contribution in [0, 0.1) is 11.2 Å². The van der Waals surface area contributed by atoms with E-state index < -0.39 is 5.41 Å². The van der Waals surface area contributed by atoms with Gasteiger partial charge in [-0.3, -0.25) is 14.7 Å². The van der Waals surface area contributed by atoms with Gasteiger partial charge in [0.25, 0.3) is 0 Å². The van der Waals surface area contributed by atoms with Crippen LogP contribution in [0.3, 0.4) is 0 Å². The van der Waals surface area contributed by atoms with Gasteiger partial charge in [0.05, 0.1) is 5.41 Å². The minimum Gasteiger partial charge on any atom is -0.369 e. The highest BCUT2D eigenvalue weighted by Crippen LogP contribution is 2.35. The highest BCUT2D eigenvalue weighted by Gasteiger charge is 2.40. The zero-order valence-corrected chi connectivity index (χ0v) is 16.9. The quantitative estimate of drug-likeness (QED) is 0.671. The van der Waals surface area contributed by atoms with E-state index >= 15 is 0 Å². The standard InChI is InChI=1S/C25H26FN3O/c26-23-7-2-5-20(15-23)17-29-13-3-10-25(18-29,24(27)30)16-19-4-1-6-22(14-19)21-8-11-28-12-9-21/h1-2,4-9,11-12,14-15H,3,10,13,16-18H2,(H2,27,30). The molecule has 1 atom stereocenters. The molecular weight excluding hydrogens is 377 g/mol. The van der Waals surface area contributed by atoms with E-state index in [1.807, 2.05) is 24.3 Å². The van der Waals surface area contributed by atoms with Gasteiger partial charge in [0, 0.05) is 25.5 Å². The number of piperidine rings is 1. The summed E-state index contributed by atoms with van der Waals surface area (Å²) in [6, 6.07) is 18.9. The third-order valence-electron chi connectivity index (χ3n) is 5.96. The summed E-state index contributed by atoms with van der Waals surface area (Å²) in [6.07, 6.45) is 5.81. The summed E-state index contributed by atoms with van der Waals surface area (Å²) in [4.78, 5) is 18.9. The van der Waals surface area contributed by atoms with Crippen LogP contribution >= 0.6 is 0 Å². The molecule has 2 aromatic carbocycles. The second-order valence-electron chi connectivity index (χ2n) is 8.20. The van der Waals surface area contributed by atoms with Crippen LogP contribution in [0.25, 0.3) is 11.1 Å². The molecule has 30 heavy (non-hydrogen) atoms.